The summed E-state index contributed by atoms with van der Waals surface area (Å²) in [6.07, 6.45) is 3.01. The molecule has 5 nitrogen and oxygen atoms in total. The molecule has 0 fully saturated rings. The van der Waals surface area contributed by atoms with Crippen molar-refractivity contribution in [3.63, 3.8) is 0 Å². The first-order valence-electron chi connectivity index (χ1n) is 5.53. The summed E-state index contributed by atoms with van der Waals surface area (Å²) in [4.78, 5) is 19.1. The molecule has 0 aliphatic carbocycles. The van der Waals surface area contributed by atoms with Crippen LogP contribution in [0.4, 0.5) is 0 Å². The maximum absolute atomic E-state index is 11.2. The van der Waals surface area contributed by atoms with Gasteiger partial charge in [-0.2, -0.15) is 0 Å². The molecule has 0 aliphatic heterocycles. The highest BCUT2D eigenvalue weighted by Crippen LogP contribution is 2.31. The summed E-state index contributed by atoms with van der Waals surface area (Å²) in [7, 11) is 0. The van der Waals surface area contributed by atoms with E-state index in [4.69, 9.17) is 10.5 Å². The van der Waals surface area contributed by atoms with Crippen LogP contribution in [0.1, 0.15) is 21.5 Å². The van der Waals surface area contributed by atoms with Gasteiger partial charge in [-0.05, 0) is 53.0 Å². The van der Waals surface area contributed by atoms with Crippen molar-refractivity contribution in [2.75, 3.05) is 0 Å². The Morgan fingerprint density at radius 2 is 1.95 bits per heavy atom. The molecule has 0 radical (unpaired) electrons. The third kappa shape index (κ3) is 2.90. The van der Waals surface area contributed by atoms with Crippen molar-refractivity contribution >= 4 is 21.8 Å². The molecule has 1 amide bonds. The van der Waals surface area contributed by atoms with Gasteiger partial charge >= 0.3 is 0 Å². The van der Waals surface area contributed by atoms with Crippen LogP contribution in [0.5, 0.6) is 11.6 Å². The average Bonchev–Trinajstić information content (AvgIpc) is 2.35. The zero-order valence-electron chi connectivity index (χ0n) is 10.5. The minimum atomic E-state index is -0.457. The molecule has 2 rings (SSSR count). The summed E-state index contributed by atoms with van der Waals surface area (Å²) >= 11 is 3.32. The zero-order valence-corrected chi connectivity index (χ0v) is 12.1. The van der Waals surface area contributed by atoms with E-state index >= 15 is 0 Å². The van der Waals surface area contributed by atoms with E-state index in [-0.39, 0.29) is 0 Å². The van der Waals surface area contributed by atoms with E-state index < -0.39 is 5.91 Å². The van der Waals surface area contributed by atoms with Crippen molar-refractivity contribution in [1.82, 2.24) is 9.97 Å². The first-order chi connectivity index (χ1) is 8.99. The third-order valence-corrected chi connectivity index (χ3v) is 3.12. The Bertz CT molecular complexity index is 621. The summed E-state index contributed by atoms with van der Waals surface area (Å²) in [5.74, 6) is 0.624. The highest BCUT2D eigenvalue weighted by Gasteiger charge is 2.12. The number of hydrogen-bond donors (Lipinski definition) is 1. The molecule has 1 aromatic heterocycles. The number of amides is 1. The van der Waals surface area contributed by atoms with E-state index in [1.165, 1.54) is 6.33 Å². The SMILES string of the molecule is Cc1cc(C(N)=O)cc(C)c1Oc1ncncc1Br. The highest BCUT2D eigenvalue weighted by molar-refractivity contribution is 9.10. The minimum absolute atomic E-state index is 0.424. The lowest BCUT2D eigenvalue weighted by Crippen LogP contribution is -2.11. The van der Waals surface area contributed by atoms with Crippen molar-refractivity contribution in [2.24, 2.45) is 5.73 Å². The molecule has 0 spiro atoms. The number of nitrogens with zero attached hydrogens (tertiary/aromatic N) is 2. The molecule has 2 aromatic rings. The van der Waals surface area contributed by atoms with Gasteiger partial charge < -0.3 is 10.5 Å². The van der Waals surface area contributed by atoms with E-state index in [9.17, 15) is 4.79 Å². The predicted octanol–water partition coefficient (Wildman–Crippen LogP) is 2.75. The molecule has 0 saturated carbocycles. The Kier molecular flexibility index (Phi) is 3.80. The Labute approximate surface area is 119 Å². The number of carbonyl (C=O) groups is 1. The number of ether oxygens (including phenoxy) is 1. The van der Waals surface area contributed by atoms with Gasteiger partial charge in [0.1, 0.15) is 12.1 Å². The molecular weight excluding hydrogens is 310 g/mol. The lowest BCUT2D eigenvalue weighted by molar-refractivity contribution is 0.1000. The number of rotatable bonds is 3. The van der Waals surface area contributed by atoms with Gasteiger partial charge in [-0.25, -0.2) is 9.97 Å². The molecule has 0 atom stereocenters. The first kappa shape index (κ1) is 13.5. The molecule has 6 heteroatoms. The number of aryl methyl sites for hydroxylation is 2. The third-order valence-electron chi connectivity index (χ3n) is 2.58. The number of halogens is 1. The van der Waals surface area contributed by atoms with Gasteiger partial charge in [0.25, 0.3) is 0 Å². The van der Waals surface area contributed by atoms with Gasteiger partial charge in [0.15, 0.2) is 0 Å². The van der Waals surface area contributed by atoms with E-state index in [2.05, 4.69) is 25.9 Å². The maximum Gasteiger partial charge on any atom is 0.248 e. The van der Waals surface area contributed by atoms with Crippen LogP contribution in [0.25, 0.3) is 0 Å². The molecule has 0 unspecified atom stereocenters. The number of nitrogens with two attached hydrogens (primary N) is 1. The van der Waals surface area contributed by atoms with Crippen molar-refractivity contribution < 1.29 is 9.53 Å². The Morgan fingerprint density at radius 1 is 1.32 bits per heavy atom. The first-order valence-corrected chi connectivity index (χ1v) is 6.32. The molecule has 0 saturated heterocycles. The van der Waals surface area contributed by atoms with Crippen LogP contribution in [0.15, 0.2) is 29.1 Å². The molecule has 1 heterocycles. The van der Waals surface area contributed by atoms with Gasteiger partial charge in [-0.1, -0.05) is 0 Å². The largest absolute Gasteiger partial charge is 0.437 e. The van der Waals surface area contributed by atoms with Crippen molar-refractivity contribution in [1.29, 1.82) is 0 Å². The fourth-order valence-corrected chi connectivity index (χ4v) is 2.03. The minimum Gasteiger partial charge on any atom is -0.437 e. The number of hydrogen-bond acceptors (Lipinski definition) is 4. The molecule has 1 aromatic carbocycles. The van der Waals surface area contributed by atoms with Crippen molar-refractivity contribution in [3.05, 3.63) is 45.8 Å². The second-order valence-electron chi connectivity index (χ2n) is 4.08. The zero-order chi connectivity index (χ0) is 14.0. The van der Waals surface area contributed by atoms with E-state index in [1.54, 1.807) is 18.3 Å². The number of carbonyl (C=O) groups excluding carboxylic acids is 1. The van der Waals surface area contributed by atoms with Gasteiger partial charge in [0, 0.05) is 11.8 Å². The Morgan fingerprint density at radius 3 is 2.47 bits per heavy atom. The van der Waals surface area contributed by atoms with E-state index in [0.29, 0.717) is 21.7 Å². The van der Waals surface area contributed by atoms with Crippen LogP contribution in [0, 0.1) is 13.8 Å². The normalized spacial score (nSPS) is 10.3. The van der Waals surface area contributed by atoms with Gasteiger partial charge in [-0.15, -0.1) is 0 Å². The fraction of sp³-hybridized carbons (Fsp3) is 0.154. The predicted molar refractivity (Wildman–Crippen MR) is 74.2 cm³/mol. The summed E-state index contributed by atoms with van der Waals surface area (Å²) in [5.41, 5.74) is 7.37. The van der Waals surface area contributed by atoms with Crippen LogP contribution in [0.3, 0.4) is 0 Å². The van der Waals surface area contributed by atoms with Crippen LogP contribution in [-0.4, -0.2) is 15.9 Å². The lowest BCUT2D eigenvalue weighted by Gasteiger charge is -2.12. The molecule has 0 aliphatic rings. The summed E-state index contributed by atoms with van der Waals surface area (Å²) in [6, 6.07) is 3.39. The second kappa shape index (κ2) is 5.36. The van der Waals surface area contributed by atoms with E-state index in [1.807, 2.05) is 13.8 Å². The number of aromatic nitrogens is 2. The molecule has 19 heavy (non-hydrogen) atoms. The van der Waals surface area contributed by atoms with Crippen molar-refractivity contribution in [2.45, 2.75) is 13.8 Å². The van der Waals surface area contributed by atoms with Gasteiger partial charge in [0.2, 0.25) is 11.8 Å². The van der Waals surface area contributed by atoms with Crippen molar-refractivity contribution in [3.8, 4) is 11.6 Å². The Balaban J connectivity index is 2.42. The molecular formula is C13H12BrN3O2. The topological polar surface area (TPSA) is 78.1 Å². The summed E-state index contributed by atoms with van der Waals surface area (Å²) < 4.78 is 6.42. The summed E-state index contributed by atoms with van der Waals surface area (Å²) in [6.45, 7) is 3.70. The smallest absolute Gasteiger partial charge is 0.248 e. The average molecular weight is 322 g/mol. The highest BCUT2D eigenvalue weighted by atomic mass is 79.9. The van der Waals surface area contributed by atoms with Crippen LogP contribution < -0.4 is 10.5 Å². The van der Waals surface area contributed by atoms with Crippen LogP contribution in [-0.2, 0) is 0 Å². The lowest BCUT2D eigenvalue weighted by atomic mass is 10.1. The standard InChI is InChI=1S/C13H12BrN3O2/c1-7-3-9(12(15)18)4-8(2)11(7)19-13-10(14)5-16-6-17-13/h3-6H,1-2H3,(H2,15,18). The van der Waals surface area contributed by atoms with Crippen LogP contribution in [0.2, 0.25) is 0 Å². The van der Waals surface area contributed by atoms with Gasteiger partial charge in [0.05, 0.1) is 4.47 Å². The van der Waals surface area contributed by atoms with E-state index in [0.717, 1.165) is 11.1 Å². The summed E-state index contributed by atoms with van der Waals surface area (Å²) in [5, 5.41) is 0. The molecule has 0 bridgehead atoms. The monoisotopic (exact) mass is 321 g/mol. The number of primary amides is 1. The van der Waals surface area contributed by atoms with Crippen LogP contribution >= 0.6 is 15.9 Å². The fourth-order valence-electron chi connectivity index (χ4n) is 1.73. The molecule has 2 N–H and O–H groups in total. The van der Waals surface area contributed by atoms with Gasteiger partial charge in [-0.3, -0.25) is 4.79 Å². The maximum atomic E-state index is 11.2. The Hall–Kier alpha value is -1.95. The number of benzene rings is 1. The second-order valence-corrected chi connectivity index (χ2v) is 4.94. The quantitative estimate of drug-likeness (QED) is 0.942. The molecule has 98 valence electrons.